The van der Waals surface area contributed by atoms with Gasteiger partial charge in [-0.15, -0.1) is 0 Å². The van der Waals surface area contributed by atoms with Crippen LogP contribution in [0.25, 0.3) is 0 Å². The van der Waals surface area contributed by atoms with Crippen LogP contribution in [0.2, 0.25) is 0 Å². The lowest BCUT2D eigenvalue weighted by atomic mass is 10.0. The molecule has 0 aliphatic heterocycles. The summed E-state index contributed by atoms with van der Waals surface area (Å²) < 4.78 is 9.75. The summed E-state index contributed by atoms with van der Waals surface area (Å²) in [6.45, 7) is 1.94. The van der Waals surface area contributed by atoms with Crippen LogP contribution in [0.4, 0.5) is 0 Å². The van der Waals surface area contributed by atoms with Crippen molar-refractivity contribution in [1.29, 1.82) is 0 Å². The van der Waals surface area contributed by atoms with E-state index in [4.69, 9.17) is 4.74 Å². The van der Waals surface area contributed by atoms with Gasteiger partial charge < -0.3 is 9.47 Å². The van der Waals surface area contributed by atoms with Crippen LogP contribution in [0.1, 0.15) is 33.2 Å². The number of hydrogen-bond donors (Lipinski definition) is 0. The van der Waals surface area contributed by atoms with Crippen LogP contribution in [-0.2, 0) is 11.2 Å². The highest BCUT2D eigenvalue weighted by atomic mass is 16.5. The molecule has 0 spiro atoms. The molecule has 0 bridgehead atoms. The van der Waals surface area contributed by atoms with Crippen LogP contribution in [-0.4, -0.2) is 26.5 Å². The van der Waals surface area contributed by atoms with Crippen LogP contribution < -0.4 is 4.74 Å². The maximum absolute atomic E-state index is 11.4. The number of esters is 1. The molecule has 0 atom stereocenters. The van der Waals surface area contributed by atoms with Gasteiger partial charge in [0.25, 0.3) is 0 Å². The number of ether oxygens (including phenoxy) is 2. The lowest BCUT2D eigenvalue weighted by Gasteiger charge is -2.10. The van der Waals surface area contributed by atoms with E-state index >= 15 is 0 Å². The first-order valence-electron chi connectivity index (χ1n) is 4.92. The van der Waals surface area contributed by atoms with Crippen molar-refractivity contribution >= 4 is 12.3 Å². The zero-order valence-electron chi connectivity index (χ0n) is 9.57. The summed E-state index contributed by atoms with van der Waals surface area (Å²) in [7, 11) is 2.81. The average Bonchev–Trinajstić information content (AvgIpc) is 2.35. The molecule has 0 unspecified atom stereocenters. The second-order valence-corrected chi connectivity index (χ2v) is 3.21. The SMILES string of the molecule is CCc1cc(C(=O)OC)c(C=O)cc1OC. The molecule has 86 valence electrons. The fourth-order valence-electron chi connectivity index (χ4n) is 1.49. The number of aryl methyl sites for hydroxylation is 1. The quantitative estimate of drug-likeness (QED) is 0.576. The van der Waals surface area contributed by atoms with Gasteiger partial charge in [0, 0.05) is 5.56 Å². The number of hydrogen-bond acceptors (Lipinski definition) is 4. The molecule has 0 aliphatic carbocycles. The van der Waals surface area contributed by atoms with Crippen molar-refractivity contribution in [1.82, 2.24) is 0 Å². The minimum Gasteiger partial charge on any atom is -0.496 e. The Morgan fingerprint density at radius 1 is 1.38 bits per heavy atom. The van der Waals surface area contributed by atoms with Gasteiger partial charge in [-0.2, -0.15) is 0 Å². The summed E-state index contributed by atoms with van der Waals surface area (Å²) in [5.41, 5.74) is 1.42. The number of rotatable bonds is 4. The lowest BCUT2D eigenvalue weighted by Crippen LogP contribution is -2.07. The van der Waals surface area contributed by atoms with E-state index in [1.54, 1.807) is 12.1 Å². The molecule has 0 saturated heterocycles. The third-order valence-corrected chi connectivity index (χ3v) is 2.37. The van der Waals surface area contributed by atoms with Crippen LogP contribution >= 0.6 is 0 Å². The summed E-state index contributed by atoms with van der Waals surface area (Å²) >= 11 is 0. The Kier molecular flexibility index (Phi) is 4.05. The Balaban J connectivity index is 3.37. The van der Waals surface area contributed by atoms with E-state index in [0.29, 0.717) is 18.5 Å². The molecule has 0 amide bonds. The van der Waals surface area contributed by atoms with Crippen molar-refractivity contribution < 1.29 is 19.1 Å². The number of methoxy groups -OCH3 is 2. The molecule has 0 heterocycles. The Hall–Kier alpha value is -1.84. The zero-order chi connectivity index (χ0) is 12.1. The molecular weight excluding hydrogens is 208 g/mol. The fourth-order valence-corrected chi connectivity index (χ4v) is 1.49. The summed E-state index contributed by atoms with van der Waals surface area (Å²) in [5, 5.41) is 0. The van der Waals surface area contributed by atoms with Crippen molar-refractivity contribution in [2.75, 3.05) is 14.2 Å². The monoisotopic (exact) mass is 222 g/mol. The second-order valence-electron chi connectivity index (χ2n) is 3.21. The summed E-state index contributed by atoms with van der Waals surface area (Å²) in [4.78, 5) is 22.3. The Morgan fingerprint density at radius 3 is 2.50 bits per heavy atom. The predicted octanol–water partition coefficient (Wildman–Crippen LogP) is 1.86. The molecule has 0 radical (unpaired) electrons. The van der Waals surface area contributed by atoms with Gasteiger partial charge in [-0.25, -0.2) is 4.79 Å². The van der Waals surface area contributed by atoms with Gasteiger partial charge in [-0.1, -0.05) is 6.92 Å². The van der Waals surface area contributed by atoms with E-state index in [2.05, 4.69) is 4.74 Å². The van der Waals surface area contributed by atoms with Crippen molar-refractivity contribution in [2.45, 2.75) is 13.3 Å². The van der Waals surface area contributed by atoms with E-state index in [1.165, 1.54) is 14.2 Å². The molecule has 0 aromatic heterocycles. The minimum absolute atomic E-state index is 0.273. The average molecular weight is 222 g/mol. The number of benzene rings is 1. The molecular formula is C12H14O4. The maximum Gasteiger partial charge on any atom is 0.338 e. The molecule has 4 nitrogen and oxygen atoms in total. The first kappa shape index (κ1) is 12.2. The second kappa shape index (κ2) is 5.30. The number of carbonyl (C=O) groups excluding carboxylic acids is 2. The van der Waals surface area contributed by atoms with E-state index in [0.717, 1.165) is 5.56 Å². The molecule has 1 rings (SSSR count). The summed E-state index contributed by atoms with van der Waals surface area (Å²) in [6.07, 6.45) is 1.33. The van der Waals surface area contributed by atoms with E-state index in [-0.39, 0.29) is 11.1 Å². The van der Waals surface area contributed by atoms with Crippen molar-refractivity contribution in [3.8, 4) is 5.75 Å². The van der Waals surface area contributed by atoms with Crippen molar-refractivity contribution in [3.05, 3.63) is 28.8 Å². The van der Waals surface area contributed by atoms with Gasteiger partial charge >= 0.3 is 5.97 Å². The molecule has 1 aromatic rings. The van der Waals surface area contributed by atoms with E-state index < -0.39 is 5.97 Å². The smallest absolute Gasteiger partial charge is 0.338 e. The lowest BCUT2D eigenvalue weighted by molar-refractivity contribution is 0.0598. The zero-order valence-corrected chi connectivity index (χ0v) is 9.57. The summed E-state index contributed by atoms with van der Waals surface area (Å²) in [6, 6.07) is 3.19. The molecule has 1 aromatic carbocycles. The highest BCUT2D eigenvalue weighted by Gasteiger charge is 2.15. The maximum atomic E-state index is 11.4. The Morgan fingerprint density at radius 2 is 2.06 bits per heavy atom. The molecule has 0 fully saturated rings. The van der Waals surface area contributed by atoms with Crippen LogP contribution in [0.15, 0.2) is 12.1 Å². The van der Waals surface area contributed by atoms with E-state index in [1.807, 2.05) is 6.92 Å². The molecule has 0 N–H and O–H groups in total. The fraction of sp³-hybridized carbons (Fsp3) is 0.333. The minimum atomic E-state index is -0.514. The predicted molar refractivity (Wildman–Crippen MR) is 59.1 cm³/mol. The van der Waals surface area contributed by atoms with Crippen molar-refractivity contribution in [3.63, 3.8) is 0 Å². The normalized spacial score (nSPS) is 9.69. The molecule has 0 aliphatic rings. The molecule has 0 saturated carbocycles. The standard InChI is InChI=1S/C12H14O4/c1-4-8-5-10(12(14)16-3)9(7-13)6-11(8)15-2/h5-7H,4H2,1-3H3. The van der Waals surface area contributed by atoms with Crippen LogP contribution in [0.3, 0.4) is 0 Å². The highest BCUT2D eigenvalue weighted by Crippen LogP contribution is 2.23. The van der Waals surface area contributed by atoms with Gasteiger partial charge in [-0.05, 0) is 24.1 Å². The molecule has 4 heteroatoms. The molecule has 16 heavy (non-hydrogen) atoms. The third-order valence-electron chi connectivity index (χ3n) is 2.37. The third kappa shape index (κ3) is 2.21. The van der Waals surface area contributed by atoms with Gasteiger partial charge in [0.1, 0.15) is 5.75 Å². The highest BCUT2D eigenvalue weighted by molar-refractivity contribution is 5.98. The van der Waals surface area contributed by atoms with Crippen molar-refractivity contribution in [2.24, 2.45) is 0 Å². The topological polar surface area (TPSA) is 52.6 Å². The van der Waals surface area contributed by atoms with Crippen LogP contribution in [0, 0.1) is 0 Å². The largest absolute Gasteiger partial charge is 0.496 e. The number of carbonyl (C=O) groups is 2. The Labute approximate surface area is 94.2 Å². The van der Waals surface area contributed by atoms with Gasteiger partial charge in [0.15, 0.2) is 6.29 Å². The first-order valence-corrected chi connectivity index (χ1v) is 4.92. The van der Waals surface area contributed by atoms with Crippen LogP contribution in [0.5, 0.6) is 5.75 Å². The summed E-state index contributed by atoms with van der Waals surface area (Å²) in [5.74, 6) is 0.0942. The number of aldehydes is 1. The van der Waals surface area contributed by atoms with Gasteiger partial charge in [0.2, 0.25) is 0 Å². The van der Waals surface area contributed by atoms with Gasteiger partial charge in [0.05, 0.1) is 19.8 Å². The van der Waals surface area contributed by atoms with Gasteiger partial charge in [-0.3, -0.25) is 4.79 Å². The first-order chi connectivity index (χ1) is 7.67. The van der Waals surface area contributed by atoms with E-state index in [9.17, 15) is 9.59 Å². The Bertz CT molecular complexity index is 410.